The Balaban J connectivity index is 1.27. The molecule has 3 aliphatic rings. The molecule has 1 unspecified atom stereocenters. The summed E-state index contributed by atoms with van der Waals surface area (Å²) >= 11 is 0. The molecule has 0 radical (unpaired) electrons. The van der Waals surface area contributed by atoms with Gasteiger partial charge in [0, 0.05) is 42.9 Å². The van der Waals surface area contributed by atoms with Gasteiger partial charge in [-0.1, -0.05) is 0 Å². The molecule has 1 aromatic carbocycles. The zero-order valence-corrected chi connectivity index (χ0v) is 18.1. The van der Waals surface area contributed by atoms with Crippen LogP contribution < -0.4 is 30.5 Å². The summed E-state index contributed by atoms with van der Waals surface area (Å²) in [5, 5.41) is 3.23. The molecule has 1 aliphatic carbocycles. The van der Waals surface area contributed by atoms with Gasteiger partial charge in [-0.25, -0.2) is 4.39 Å². The van der Waals surface area contributed by atoms with Crippen molar-refractivity contribution < 1.29 is 18.7 Å². The molecule has 9 heteroatoms. The van der Waals surface area contributed by atoms with Crippen LogP contribution in [0.1, 0.15) is 30.7 Å². The van der Waals surface area contributed by atoms with E-state index in [-0.39, 0.29) is 23.4 Å². The van der Waals surface area contributed by atoms with Crippen LogP contribution in [-0.4, -0.2) is 50.3 Å². The lowest BCUT2D eigenvalue weighted by Crippen LogP contribution is -2.34. The van der Waals surface area contributed by atoms with Gasteiger partial charge in [-0.15, -0.1) is 0 Å². The molecule has 8 nitrogen and oxygen atoms in total. The Labute approximate surface area is 186 Å². The van der Waals surface area contributed by atoms with E-state index >= 15 is 0 Å². The van der Waals surface area contributed by atoms with Crippen LogP contribution in [0.15, 0.2) is 30.3 Å². The second-order valence-corrected chi connectivity index (χ2v) is 8.60. The molecule has 1 atom stereocenters. The molecule has 3 N–H and O–H groups in total. The standard InChI is InChI=1S/C23H28FN5O3/c1-31-22-17(15-11-25-26-12-15)5-7-21(28-22)29-9-8-19(23(29)30)27-16-4-6-18(24)20(10-16)32-13-14-2-3-14/h4-7,10,14-15,19,25-27H,2-3,8-9,11-13H2,1H3. The SMILES string of the molecule is COc1nc(N2CCC(Nc3ccc(F)c(OCC4CC4)c3)C2=O)ccc1C1CNNC1. The number of hydrogen-bond donors (Lipinski definition) is 3. The molecule has 32 heavy (non-hydrogen) atoms. The van der Waals surface area contributed by atoms with Crippen LogP contribution in [0.3, 0.4) is 0 Å². The zero-order valence-electron chi connectivity index (χ0n) is 18.1. The van der Waals surface area contributed by atoms with Gasteiger partial charge in [0.2, 0.25) is 5.88 Å². The van der Waals surface area contributed by atoms with Crippen molar-refractivity contribution in [3.8, 4) is 11.6 Å². The number of nitrogens with zero attached hydrogens (tertiary/aromatic N) is 2. The summed E-state index contributed by atoms with van der Waals surface area (Å²) in [6.45, 7) is 2.68. The predicted molar refractivity (Wildman–Crippen MR) is 119 cm³/mol. The molecule has 2 aliphatic heterocycles. The van der Waals surface area contributed by atoms with Crippen molar-refractivity contribution in [3.63, 3.8) is 0 Å². The number of halogens is 1. The van der Waals surface area contributed by atoms with Crippen LogP contribution in [0.25, 0.3) is 0 Å². The number of anilines is 2. The molecule has 1 saturated carbocycles. The second-order valence-electron chi connectivity index (χ2n) is 8.60. The van der Waals surface area contributed by atoms with Gasteiger partial charge in [-0.2, -0.15) is 4.98 Å². The average Bonchev–Trinajstić information content (AvgIpc) is 3.34. The van der Waals surface area contributed by atoms with Crippen LogP contribution in [0.5, 0.6) is 11.6 Å². The Bertz CT molecular complexity index is 994. The highest BCUT2D eigenvalue weighted by Gasteiger charge is 2.34. The van der Waals surface area contributed by atoms with E-state index in [4.69, 9.17) is 9.47 Å². The Morgan fingerprint density at radius 2 is 2.00 bits per heavy atom. The van der Waals surface area contributed by atoms with Crippen molar-refractivity contribution in [1.29, 1.82) is 0 Å². The molecule has 5 rings (SSSR count). The highest BCUT2D eigenvalue weighted by atomic mass is 19.1. The van der Waals surface area contributed by atoms with Crippen molar-refractivity contribution in [2.24, 2.45) is 5.92 Å². The first-order valence-corrected chi connectivity index (χ1v) is 11.1. The van der Waals surface area contributed by atoms with E-state index in [0.29, 0.717) is 42.9 Å². The van der Waals surface area contributed by atoms with Gasteiger partial charge in [0.15, 0.2) is 11.6 Å². The fourth-order valence-electron chi connectivity index (χ4n) is 4.19. The second kappa shape index (κ2) is 8.91. The molecule has 0 spiro atoms. The van der Waals surface area contributed by atoms with Gasteiger partial charge in [0.25, 0.3) is 5.91 Å². The summed E-state index contributed by atoms with van der Waals surface area (Å²) in [5.41, 5.74) is 7.91. The number of rotatable bonds is 8. The Hall–Kier alpha value is -2.91. The molecule has 0 bridgehead atoms. The largest absolute Gasteiger partial charge is 0.490 e. The third-order valence-electron chi connectivity index (χ3n) is 6.26. The molecular weight excluding hydrogens is 413 g/mol. The zero-order chi connectivity index (χ0) is 22.1. The number of hydrazine groups is 1. The highest BCUT2D eigenvalue weighted by Crippen LogP contribution is 2.32. The predicted octanol–water partition coefficient (Wildman–Crippen LogP) is 2.43. The summed E-state index contributed by atoms with van der Waals surface area (Å²) in [6, 6.07) is 8.09. The Kier molecular flexibility index (Phi) is 5.84. The van der Waals surface area contributed by atoms with E-state index < -0.39 is 6.04 Å². The minimum absolute atomic E-state index is 0.0683. The summed E-state index contributed by atoms with van der Waals surface area (Å²) in [6.07, 6.45) is 2.90. The van der Waals surface area contributed by atoms with Crippen LogP contribution in [-0.2, 0) is 4.79 Å². The number of ether oxygens (including phenoxy) is 2. The number of carbonyl (C=O) groups is 1. The lowest BCUT2D eigenvalue weighted by molar-refractivity contribution is -0.117. The molecular formula is C23H28FN5O3. The Morgan fingerprint density at radius 1 is 1.19 bits per heavy atom. The molecule has 1 amide bonds. The molecule has 3 fully saturated rings. The molecule has 2 saturated heterocycles. The number of methoxy groups -OCH3 is 1. The van der Waals surface area contributed by atoms with E-state index in [1.54, 1.807) is 24.1 Å². The minimum Gasteiger partial charge on any atom is -0.490 e. The van der Waals surface area contributed by atoms with Gasteiger partial charge in [0.1, 0.15) is 11.9 Å². The number of carbonyl (C=O) groups excluding carboxylic acids is 1. The Morgan fingerprint density at radius 3 is 2.75 bits per heavy atom. The first-order chi connectivity index (χ1) is 15.6. The third-order valence-corrected chi connectivity index (χ3v) is 6.26. The van der Waals surface area contributed by atoms with E-state index in [0.717, 1.165) is 31.5 Å². The van der Waals surface area contributed by atoms with E-state index in [1.165, 1.54) is 6.07 Å². The first kappa shape index (κ1) is 21.0. The maximum absolute atomic E-state index is 14.1. The number of aromatic nitrogens is 1. The quantitative estimate of drug-likeness (QED) is 0.580. The van der Waals surface area contributed by atoms with Gasteiger partial charge < -0.3 is 14.8 Å². The number of benzene rings is 1. The summed E-state index contributed by atoms with van der Waals surface area (Å²) < 4.78 is 25.2. The third kappa shape index (κ3) is 4.35. The van der Waals surface area contributed by atoms with Crippen molar-refractivity contribution in [2.45, 2.75) is 31.2 Å². The molecule has 2 aromatic rings. The smallest absolute Gasteiger partial charge is 0.250 e. The maximum Gasteiger partial charge on any atom is 0.250 e. The lowest BCUT2D eigenvalue weighted by Gasteiger charge is -2.20. The fourth-order valence-corrected chi connectivity index (χ4v) is 4.19. The van der Waals surface area contributed by atoms with Gasteiger partial charge in [-0.3, -0.25) is 20.5 Å². The summed E-state index contributed by atoms with van der Waals surface area (Å²) in [4.78, 5) is 19.4. The van der Waals surface area contributed by atoms with E-state index in [2.05, 4.69) is 21.2 Å². The van der Waals surface area contributed by atoms with E-state index in [9.17, 15) is 9.18 Å². The van der Waals surface area contributed by atoms with Gasteiger partial charge in [-0.05, 0) is 49.4 Å². The number of hydrogen-bond acceptors (Lipinski definition) is 7. The lowest BCUT2D eigenvalue weighted by atomic mass is 10.0. The van der Waals surface area contributed by atoms with Gasteiger partial charge in [0.05, 0.1) is 13.7 Å². The van der Waals surface area contributed by atoms with Crippen LogP contribution in [0.4, 0.5) is 15.9 Å². The number of pyridine rings is 1. The monoisotopic (exact) mass is 441 g/mol. The minimum atomic E-state index is -0.410. The summed E-state index contributed by atoms with van der Waals surface area (Å²) in [5.74, 6) is 1.69. The normalized spacial score (nSPS) is 21.2. The van der Waals surface area contributed by atoms with E-state index in [1.807, 2.05) is 12.1 Å². The molecule has 3 heterocycles. The maximum atomic E-state index is 14.1. The van der Waals surface area contributed by atoms with Crippen LogP contribution in [0.2, 0.25) is 0 Å². The summed E-state index contributed by atoms with van der Waals surface area (Å²) in [7, 11) is 1.60. The van der Waals surface area contributed by atoms with Crippen molar-refractivity contribution >= 4 is 17.4 Å². The van der Waals surface area contributed by atoms with Crippen molar-refractivity contribution in [2.75, 3.05) is 43.6 Å². The number of nitrogens with one attached hydrogen (secondary N) is 3. The van der Waals surface area contributed by atoms with Gasteiger partial charge >= 0.3 is 0 Å². The fraction of sp³-hybridized carbons (Fsp3) is 0.478. The first-order valence-electron chi connectivity index (χ1n) is 11.1. The topological polar surface area (TPSA) is 87.8 Å². The number of amides is 1. The average molecular weight is 442 g/mol. The van der Waals surface area contributed by atoms with Crippen molar-refractivity contribution in [1.82, 2.24) is 15.8 Å². The molecule has 170 valence electrons. The molecule has 1 aromatic heterocycles. The van der Waals surface area contributed by atoms with Crippen LogP contribution >= 0.6 is 0 Å². The highest BCUT2D eigenvalue weighted by molar-refractivity contribution is 6.00. The van der Waals surface area contributed by atoms with Crippen molar-refractivity contribution in [3.05, 3.63) is 41.7 Å². The van der Waals surface area contributed by atoms with Crippen LogP contribution in [0, 0.1) is 11.7 Å².